The molecule has 3 heterocycles. The van der Waals surface area contributed by atoms with Crippen LogP contribution < -0.4 is 10.5 Å². The smallest absolute Gasteiger partial charge is 0.253 e. The Bertz CT molecular complexity index is 1420. The van der Waals surface area contributed by atoms with E-state index in [2.05, 4.69) is 43.3 Å². The van der Waals surface area contributed by atoms with Gasteiger partial charge in [-0.1, -0.05) is 24.5 Å². The summed E-state index contributed by atoms with van der Waals surface area (Å²) in [6.45, 7) is 5.03. The number of hydrogen-bond acceptors (Lipinski definition) is 6. The van der Waals surface area contributed by atoms with Crippen molar-refractivity contribution in [2.75, 3.05) is 31.1 Å². The van der Waals surface area contributed by atoms with Crippen molar-refractivity contribution in [1.29, 1.82) is 0 Å². The summed E-state index contributed by atoms with van der Waals surface area (Å²) in [4.78, 5) is 21.1. The minimum atomic E-state index is -0.357. The molecule has 0 radical (unpaired) electrons. The molecule has 2 aliphatic rings. The fourth-order valence-electron chi connectivity index (χ4n) is 5.72. The predicted octanol–water partition coefficient (Wildman–Crippen LogP) is 3.99. The molecular formula is C27H30FN7O. The molecule has 1 N–H and O–H groups in total. The third-order valence-electron chi connectivity index (χ3n) is 7.63. The molecule has 9 heteroatoms. The van der Waals surface area contributed by atoms with Gasteiger partial charge in [0, 0.05) is 42.9 Å². The van der Waals surface area contributed by atoms with Crippen LogP contribution in [0, 0.1) is 12.7 Å². The van der Waals surface area contributed by atoms with E-state index in [1.807, 2.05) is 35.0 Å². The highest BCUT2D eigenvalue weighted by atomic mass is 19.1. The van der Waals surface area contributed by atoms with Crippen molar-refractivity contribution in [3.63, 3.8) is 0 Å². The van der Waals surface area contributed by atoms with E-state index in [1.54, 1.807) is 0 Å². The van der Waals surface area contributed by atoms with Gasteiger partial charge in [-0.3, -0.25) is 9.69 Å². The fourth-order valence-corrected chi connectivity index (χ4v) is 5.72. The maximum Gasteiger partial charge on any atom is 0.253 e. The number of tetrazole rings is 1. The summed E-state index contributed by atoms with van der Waals surface area (Å²) in [6.07, 6.45) is 4.44. The summed E-state index contributed by atoms with van der Waals surface area (Å²) in [5, 5.41) is 13.9. The number of fused-ring (bicyclic) bond motifs is 1. The molecule has 1 aliphatic heterocycles. The molecule has 1 saturated carbocycles. The van der Waals surface area contributed by atoms with Gasteiger partial charge in [-0.25, -0.2) is 9.07 Å². The van der Waals surface area contributed by atoms with Gasteiger partial charge in [-0.2, -0.15) is 0 Å². The largest absolute Gasteiger partial charge is 0.369 e. The average molecular weight is 488 g/mol. The normalized spacial score (nSPS) is 18.2. The van der Waals surface area contributed by atoms with Crippen LogP contribution in [0.2, 0.25) is 0 Å². The molecule has 0 spiro atoms. The number of benzene rings is 2. The highest BCUT2D eigenvalue weighted by Gasteiger charge is 2.34. The standard InChI is InChI=1S/C27H30FN7O/c1-18-6-11-24-19(16-18)17-23(27(36)29-24)25(26-30-31-32-35(26)22-4-2-3-5-22)34-14-12-33(13-15-34)21-9-7-20(28)8-10-21/h6-11,16-17,22,25H,2-5,12-15H2,1H3,(H,29,36). The average Bonchev–Trinajstić information content (AvgIpc) is 3.58. The summed E-state index contributed by atoms with van der Waals surface area (Å²) in [5.74, 6) is 0.497. The molecule has 36 heavy (non-hydrogen) atoms. The van der Waals surface area contributed by atoms with Crippen LogP contribution in [-0.4, -0.2) is 56.3 Å². The maximum absolute atomic E-state index is 13.4. The second-order valence-corrected chi connectivity index (χ2v) is 9.97. The van der Waals surface area contributed by atoms with Crippen LogP contribution in [0.4, 0.5) is 10.1 Å². The van der Waals surface area contributed by atoms with Crippen LogP contribution >= 0.6 is 0 Å². The molecule has 0 bridgehead atoms. The van der Waals surface area contributed by atoms with Crippen LogP contribution in [-0.2, 0) is 0 Å². The van der Waals surface area contributed by atoms with Gasteiger partial charge >= 0.3 is 0 Å². The molecule has 4 aromatic rings. The number of hydrogen-bond donors (Lipinski definition) is 1. The fraction of sp³-hybridized carbons (Fsp3) is 0.407. The number of aromatic amines is 1. The highest BCUT2D eigenvalue weighted by Crippen LogP contribution is 2.34. The Morgan fingerprint density at radius 3 is 2.50 bits per heavy atom. The van der Waals surface area contributed by atoms with E-state index in [9.17, 15) is 9.18 Å². The molecule has 2 aromatic carbocycles. The van der Waals surface area contributed by atoms with Crippen molar-refractivity contribution in [2.24, 2.45) is 0 Å². The van der Waals surface area contributed by atoms with Crippen molar-refractivity contribution >= 4 is 16.6 Å². The molecule has 2 fully saturated rings. The Hall–Kier alpha value is -3.59. The molecule has 0 amide bonds. The highest BCUT2D eigenvalue weighted by molar-refractivity contribution is 5.79. The van der Waals surface area contributed by atoms with E-state index < -0.39 is 0 Å². The minimum Gasteiger partial charge on any atom is -0.369 e. The quantitative estimate of drug-likeness (QED) is 0.458. The predicted molar refractivity (Wildman–Crippen MR) is 137 cm³/mol. The van der Waals surface area contributed by atoms with Crippen LogP contribution in [0.25, 0.3) is 10.9 Å². The maximum atomic E-state index is 13.4. The molecule has 186 valence electrons. The first-order chi connectivity index (χ1) is 17.6. The second kappa shape index (κ2) is 9.46. The summed E-state index contributed by atoms with van der Waals surface area (Å²) in [6, 6.07) is 14.6. The number of nitrogens with one attached hydrogen (secondary N) is 1. The van der Waals surface area contributed by atoms with Gasteiger partial charge in [0.15, 0.2) is 5.82 Å². The number of aryl methyl sites for hydroxylation is 1. The third kappa shape index (κ3) is 4.28. The van der Waals surface area contributed by atoms with E-state index >= 15 is 0 Å². The van der Waals surface area contributed by atoms with Crippen LogP contribution in [0.3, 0.4) is 0 Å². The summed E-state index contributed by atoms with van der Waals surface area (Å²) in [7, 11) is 0. The van der Waals surface area contributed by atoms with Gasteiger partial charge in [0.1, 0.15) is 11.9 Å². The lowest BCUT2D eigenvalue weighted by Crippen LogP contribution is -2.49. The molecule has 2 aromatic heterocycles. The topological polar surface area (TPSA) is 82.9 Å². The first-order valence-corrected chi connectivity index (χ1v) is 12.7. The van der Waals surface area contributed by atoms with Crippen LogP contribution in [0.15, 0.2) is 53.3 Å². The zero-order chi connectivity index (χ0) is 24.6. The Morgan fingerprint density at radius 2 is 1.75 bits per heavy atom. The number of piperazine rings is 1. The monoisotopic (exact) mass is 487 g/mol. The number of aromatic nitrogens is 5. The molecule has 1 unspecified atom stereocenters. The van der Waals surface area contributed by atoms with Crippen LogP contribution in [0.1, 0.15) is 54.7 Å². The first-order valence-electron chi connectivity index (χ1n) is 12.7. The van der Waals surface area contributed by atoms with Gasteiger partial charge in [-0.15, -0.1) is 5.10 Å². The van der Waals surface area contributed by atoms with E-state index in [1.165, 1.54) is 25.0 Å². The number of pyridine rings is 1. The van der Waals surface area contributed by atoms with Gasteiger partial charge in [0.2, 0.25) is 0 Å². The SMILES string of the molecule is Cc1ccc2[nH]c(=O)c(C(c3nnnn3C3CCCC3)N3CCN(c4ccc(F)cc4)CC3)cc2c1. The Balaban J connectivity index is 1.38. The van der Waals surface area contributed by atoms with E-state index in [0.29, 0.717) is 5.56 Å². The molecule has 1 aliphatic carbocycles. The summed E-state index contributed by atoms with van der Waals surface area (Å²) >= 11 is 0. The Labute approximate surface area is 208 Å². The van der Waals surface area contributed by atoms with Crippen molar-refractivity contribution in [3.05, 3.63) is 81.7 Å². The van der Waals surface area contributed by atoms with Gasteiger partial charge in [0.25, 0.3) is 5.56 Å². The lowest BCUT2D eigenvalue weighted by molar-refractivity contribution is 0.197. The molecule has 8 nitrogen and oxygen atoms in total. The van der Waals surface area contributed by atoms with E-state index in [0.717, 1.165) is 67.0 Å². The van der Waals surface area contributed by atoms with E-state index in [4.69, 9.17) is 0 Å². The van der Waals surface area contributed by atoms with Gasteiger partial charge in [-0.05, 0) is 78.0 Å². The lowest BCUT2D eigenvalue weighted by Gasteiger charge is -2.39. The molecular weight excluding hydrogens is 457 g/mol. The number of anilines is 1. The zero-order valence-electron chi connectivity index (χ0n) is 20.4. The summed E-state index contributed by atoms with van der Waals surface area (Å²) in [5.41, 5.74) is 3.52. The zero-order valence-corrected chi connectivity index (χ0v) is 20.4. The lowest BCUT2D eigenvalue weighted by atomic mass is 10.0. The molecule has 1 saturated heterocycles. The minimum absolute atomic E-state index is 0.113. The number of H-pyrrole nitrogens is 1. The van der Waals surface area contributed by atoms with Gasteiger partial charge in [0.05, 0.1) is 6.04 Å². The number of rotatable bonds is 5. The molecule has 6 rings (SSSR count). The Kier molecular flexibility index (Phi) is 6.00. The van der Waals surface area contributed by atoms with Crippen molar-refractivity contribution < 1.29 is 4.39 Å². The van der Waals surface area contributed by atoms with Crippen molar-refractivity contribution in [1.82, 2.24) is 30.1 Å². The first kappa shape index (κ1) is 22.8. The molecule has 1 atom stereocenters. The van der Waals surface area contributed by atoms with Crippen LogP contribution in [0.5, 0.6) is 0 Å². The number of nitrogens with zero attached hydrogens (tertiary/aromatic N) is 6. The van der Waals surface area contributed by atoms with Gasteiger partial charge < -0.3 is 9.88 Å². The Morgan fingerprint density at radius 1 is 1.00 bits per heavy atom. The van der Waals surface area contributed by atoms with Crippen molar-refractivity contribution in [3.8, 4) is 0 Å². The van der Waals surface area contributed by atoms with E-state index in [-0.39, 0.29) is 23.5 Å². The third-order valence-corrected chi connectivity index (χ3v) is 7.63. The summed E-state index contributed by atoms with van der Waals surface area (Å²) < 4.78 is 15.4. The van der Waals surface area contributed by atoms with Crippen molar-refractivity contribution in [2.45, 2.75) is 44.7 Å². The number of halogens is 1. The second-order valence-electron chi connectivity index (χ2n) is 9.97.